The highest BCUT2D eigenvalue weighted by molar-refractivity contribution is 5.69. The summed E-state index contributed by atoms with van der Waals surface area (Å²) in [5.74, 6) is -0.154. The van der Waals surface area contributed by atoms with Gasteiger partial charge >= 0.3 is 5.97 Å². The van der Waals surface area contributed by atoms with Crippen molar-refractivity contribution in [1.29, 1.82) is 0 Å². The largest absolute Gasteiger partial charge is 0.463 e. The second kappa shape index (κ2) is 21.3. The van der Waals surface area contributed by atoms with E-state index in [0.717, 1.165) is 32.1 Å². The molecular weight excluding hydrogens is 364 g/mol. The summed E-state index contributed by atoms with van der Waals surface area (Å²) in [7, 11) is 0. The van der Waals surface area contributed by atoms with Gasteiger partial charge in [-0.25, -0.2) is 0 Å². The SMILES string of the molecule is CCCCCC=CCC=CCC=CCCCCC(=O)OC[C@H](C)OC(C)OCC. The maximum Gasteiger partial charge on any atom is 0.305 e. The Bertz CT molecular complexity index is 454. The van der Waals surface area contributed by atoms with Crippen LogP contribution in [-0.2, 0) is 19.0 Å². The number of unbranched alkanes of at least 4 members (excludes halogenated alkanes) is 5. The molecule has 0 aliphatic carbocycles. The van der Waals surface area contributed by atoms with Crippen molar-refractivity contribution in [2.45, 2.75) is 104 Å². The number of esters is 1. The minimum Gasteiger partial charge on any atom is -0.463 e. The predicted octanol–water partition coefficient (Wildman–Crippen LogP) is 6.91. The minimum absolute atomic E-state index is 0.154. The van der Waals surface area contributed by atoms with Gasteiger partial charge in [0, 0.05) is 13.0 Å². The van der Waals surface area contributed by atoms with E-state index in [9.17, 15) is 4.79 Å². The van der Waals surface area contributed by atoms with Gasteiger partial charge in [0.1, 0.15) is 6.61 Å². The molecule has 0 aliphatic rings. The second-order valence-corrected chi connectivity index (χ2v) is 7.28. The van der Waals surface area contributed by atoms with E-state index in [1.54, 1.807) is 0 Å². The van der Waals surface area contributed by atoms with E-state index in [1.165, 1.54) is 25.7 Å². The topological polar surface area (TPSA) is 44.8 Å². The van der Waals surface area contributed by atoms with Crippen LogP contribution in [0.25, 0.3) is 0 Å². The van der Waals surface area contributed by atoms with E-state index in [-0.39, 0.29) is 25.0 Å². The Kier molecular flexibility index (Phi) is 20.3. The number of allylic oxidation sites excluding steroid dienone is 6. The molecule has 0 fully saturated rings. The highest BCUT2D eigenvalue weighted by atomic mass is 16.7. The molecule has 0 aromatic heterocycles. The molecule has 0 rings (SSSR count). The molecule has 0 saturated carbocycles. The molecule has 0 aliphatic heterocycles. The van der Waals surface area contributed by atoms with Crippen LogP contribution in [0.4, 0.5) is 0 Å². The first kappa shape index (κ1) is 27.6. The van der Waals surface area contributed by atoms with Gasteiger partial charge in [-0.1, -0.05) is 56.2 Å². The summed E-state index contributed by atoms with van der Waals surface area (Å²) in [5.41, 5.74) is 0. The maximum absolute atomic E-state index is 11.8. The molecule has 0 aromatic rings. The lowest BCUT2D eigenvalue weighted by molar-refractivity contribution is -0.173. The Hall–Kier alpha value is -1.39. The Balaban J connectivity index is 3.54. The van der Waals surface area contributed by atoms with Crippen LogP contribution in [-0.4, -0.2) is 31.6 Å². The molecule has 0 spiro atoms. The van der Waals surface area contributed by atoms with Crippen molar-refractivity contribution < 1.29 is 19.0 Å². The van der Waals surface area contributed by atoms with Crippen molar-refractivity contribution in [2.75, 3.05) is 13.2 Å². The normalized spacial score (nSPS) is 14.2. The van der Waals surface area contributed by atoms with Gasteiger partial charge < -0.3 is 14.2 Å². The van der Waals surface area contributed by atoms with Crippen molar-refractivity contribution in [1.82, 2.24) is 0 Å². The van der Waals surface area contributed by atoms with E-state index >= 15 is 0 Å². The van der Waals surface area contributed by atoms with Gasteiger partial charge in [0.2, 0.25) is 0 Å². The highest BCUT2D eigenvalue weighted by Gasteiger charge is 2.11. The Labute approximate surface area is 179 Å². The van der Waals surface area contributed by atoms with E-state index < -0.39 is 0 Å². The van der Waals surface area contributed by atoms with Crippen LogP contribution in [0.1, 0.15) is 91.9 Å². The molecule has 4 heteroatoms. The zero-order valence-corrected chi connectivity index (χ0v) is 19.2. The second-order valence-electron chi connectivity index (χ2n) is 7.28. The van der Waals surface area contributed by atoms with Gasteiger partial charge in [0.15, 0.2) is 6.29 Å². The zero-order chi connectivity index (χ0) is 21.6. The lowest BCUT2D eigenvalue weighted by atomic mass is 10.1. The monoisotopic (exact) mass is 408 g/mol. The van der Waals surface area contributed by atoms with Crippen LogP contribution in [0.2, 0.25) is 0 Å². The molecule has 168 valence electrons. The number of carbonyl (C=O) groups excluding carboxylic acids is 1. The number of hydrogen-bond acceptors (Lipinski definition) is 4. The fourth-order valence-electron chi connectivity index (χ4n) is 2.74. The van der Waals surface area contributed by atoms with E-state index in [2.05, 4.69) is 43.4 Å². The quantitative estimate of drug-likeness (QED) is 0.101. The van der Waals surface area contributed by atoms with E-state index in [0.29, 0.717) is 13.0 Å². The van der Waals surface area contributed by atoms with Crippen LogP contribution in [0.15, 0.2) is 36.5 Å². The zero-order valence-electron chi connectivity index (χ0n) is 19.2. The Morgan fingerprint density at radius 3 is 2.00 bits per heavy atom. The van der Waals surface area contributed by atoms with E-state index in [1.807, 2.05) is 20.8 Å². The molecule has 0 radical (unpaired) electrons. The van der Waals surface area contributed by atoms with Crippen molar-refractivity contribution >= 4 is 5.97 Å². The molecule has 0 aromatic carbocycles. The molecule has 1 unspecified atom stereocenters. The lowest BCUT2D eigenvalue weighted by Gasteiger charge is -2.18. The molecule has 0 heterocycles. The summed E-state index contributed by atoms with van der Waals surface area (Å²) in [5, 5.41) is 0. The fraction of sp³-hybridized carbons (Fsp3) is 0.720. The first-order chi connectivity index (χ1) is 14.1. The Morgan fingerprint density at radius 1 is 0.828 bits per heavy atom. The van der Waals surface area contributed by atoms with Crippen LogP contribution in [0.3, 0.4) is 0 Å². The first-order valence-electron chi connectivity index (χ1n) is 11.5. The number of carbonyl (C=O) groups is 1. The Morgan fingerprint density at radius 2 is 1.41 bits per heavy atom. The number of hydrogen-bond donors (Lipinski definition) is 0. The van der Waals surface area contributed by atoms with Crippen LogP contribution < -0.4 is 0 Å². The summed E-state index contributed by atoms with van der Waals surface area (Å²) >= 11 is 0. The summed E-state index contributed by atoms with van der Waals surface area (Å²) in [6.07, 6.45) is 23.4. The van der Waals surface area contributed by atoms with Gasteiger partial charge in [0.05, 0.1) is 6.10 Å². The van der Waals surface area contributed by atoms with Gasteiger partial charge in [-0.05, 0) is 65.7 Å². The van der Waals surface area contributed by atoms with Gasteiger partial charge in [-0.2, -0.15) is 0 Å². The van der Waals surface area contributed by atoms with Gasteiger partial charge in [-0.15, -0.1) is 0 Å². The summed E-state index contributed by atoms with van der Waals surface area (Å²) in [4.78, 5) is 11.8. The average molecular weight is 409 g/mol. The minimum atomic E-state index is -0.276. The van der Waals surface area contributed by atoms with Crippen molar-refractivity contribution in [2.24, 2.45) is 0 Å². The summed E-state index contributed by atoms with van der Waals surface area (Å²) in [6, 6.07) is 0. The van der Waals surface area contributed by atoms with Crippen LogP contribution >= 0.6 is 0 Å². The molecule has 0 bridgehead atoms. The van der Waals surface area contributed by atoms with Crippen molar-refractivity contribution in [3.8, 4) is 0 Å². The average Bonchev–Trinajstić information content (AvgIpc) is 2.69. The van der Waals surface area contributed by atoms with Crippen LogP contribution in [0, 0.1) is 0 Å². The molecule has 2 atom stereocenters. The fourth-order valence-corrected chi connectivity index (χ4v) is 2.74. The molecule has 0 amide bonds. The standard InChI is InChI=1S/C25H44O4/c1-5-7-8-9-10-11-12-13-14-15-16-17-18-19-20-21-25(26)28-22-23(3)29-24(4)27-6-2/h10-11,13-14,16-17,23-24H,5-9,12,15,18-22H2,1-4H3/t23-,24?/m0/s1. The molecule has 0 N–H and O–H groups in total. The smallest absolute Gasteiger partial charge is 0.305 e. The number of ether oxygens (including phenoxy) is 3. The summed E-state index contributed by atoms with van der Waals surface area (Å²) < 4.78 is 16.1. The molecule has 29 heavy (non-hydrogen) atoms. The van der Waals surface area contributed by atoms with Crippen molar-refractivity contribution in [3.05, 3.63) is 36.5 Å². The van der Waals surface area contributed by atoms with Crippen molar-refractivity contribution in [3.63, 3.8) is 0 Å². The van der Waals surface area contributed by atoms with Crippen LogP contribution in [0.5, 0.6) is 0 Å². The van der Waals surface area contributed by atoms with Gasteiger partial charge in [-0.3, -0.25) is 4.79 Å². The molecule has 0 saturated heterocycles. The third-order valence-corrected chi connectivity index (χ3v) is 4.32. The third-order valence-electron chi connectivity index (χ3n) is 4.32. The third kappa shape index (κ3) is 21.1. The van der Waals surface area contributed by atoms with E-state index in [4.69, 9.17) is 14.2 Å². The molecular formula is C25H44O4. The lowest BCUT2D eigenvalue weighted by Crippen LogP contribution is -2.25. The first-order valence-corrected chi connectivity index (χ1v) is 11.5. The maximum atomic E-state index is 11.8. The van der Waals surface area contributed by atoms with Gasteiger partial charge in [0.25, 0.3) is 0 Å². The predicted molar refractivity (Wildman–Crippen MR) is 122 cm³/mol. The highest BCUT2D eigenvalue weighted by Crippen LogP contribution is 2.05. The summed E-state index contributed by atoms with van der Waals surface area (Å²) in [6.45, 7) is 8.76. The molecule has 4 nitrogen and oxygen atoms in total. The number of rotatable bonds is 19.